The van der Waals surface area contributed by atoms with Crippen LogP contribution in [0.15, 0.2) is 29.1 Å². The molecule has 6 nitrogen and oxygen atoms in total. The van der Waals surface area contributed by atoms with Crippen LogP contribution in [0, 0.1) is 6.92 Å². The smallest absolute Gasteiger partial charge is 0.304 e. The van der Waals surface area contributed by atoms with Crippen LogP contribution in [0.25, 0.3) is 5.69 Å². The summed E-state index contributed by atoms with van der Waals surface area (Å²) >= 11 is 0. The Kier molecular flexibility index (Phi) is 4.59. The predicted octanol–water partition coefficient (Wildman–Crippen LogP) is 1.18. The number of aromatic nitrogens is 2. The van der Waals surface area contributed by atoms with Crippen LogP contribution < -0.4 is 10.3 Å². The van der Waals surface area contributed by atoms with Crippen molar-refractivity contribution in [2.45, 2.75) is 20.3 Å². The highest BCUT2D eigenvalue weighted by atomic mass is 16.5. The standard InChI is InChI=1S/C15H18N2O4/c1-3-21-15-16-10(2)11(8-9-18)14(20)17(15)12-6-4-5-7-13(12)19/h4-7,18-19H,3,8-9H2,1-2H3. The molecule has 2 aromatic rings. The summed E-state index contributed by atoms with van der Waals surface area (Å²) in [5.41, 5.74) is 0.882. The number of aromatic hydroxyl groups is 1. The van der Waals surface area contributed by atoms with Crippen molar-refractivity contribution in [3.8, 4) is 17.4 Å². The first-order valence-corrected chi connectivity index (χ1v) is 6.74. The molecule has 1 aromatic carbocycles. The molecule has 2 N–H and O–H groups in total. The van der Waals surface area contributed by atoms with Crippen molar-refractivity contribution in [1.29, 1.82) is 0 Å². The number of aliphatic hydroxyl groups excluding tert-OH is 1. The normalized spacial score (nSPS) is 10.6. The minimum atomic E-state index is -0.346. The Morgan fingerprint density at radius 2 is 2.05 bits per heavy atom. The van der Waals surface area contributed by atoms with Gasteiger partial charge in [0.2, 0.25) is 0 Å². The Labute approximate surface area is 122 Å². The van der Waals surface area contributed by atoms with Gasteiger partial charge in [-0.15, -0.1) is 0 Å². The van der Waals surface area contributed by atoms with E-state index in [1.54, 1.807) is 32.0 Å². The van der Waals surface area contributed by atoms with E-state index in [2.05, 4.69) is 4.98 Å². The summed E-state index contributed by atoms with van der Waals surface area (Å²) in [6, 6.07) is 6.61. The fraction of sp³-hybridized carbons (Fsp3) is 0.333. The number of nitrogens with zero attached hydrogens (tertiary/aromatic N) is 2. The summed E-state index contributed by atoms with van der Waals surface area (Å²) in [6.45, 7) is 3.69. The molecular weight excluding hydrogens is 272 g/mol. The number of rotatable bonds is 5. The molecular formula is C15H18N2O4. The van der Waals surface area contributed by atoms with Gasteiger partial charge in [-0.05, 0) is 26.0 Å². The minimum absolute atomic E-state index is 0.0406. The number of phenols is 1. The Balaban J connectivity index is 2.75. The molecule has 0 amide bonds. The van der Waals surface area contributed by atoms with Gasteiger partial charge in [-0.25, -0.2) is 9.55 Å². The zero-order valence-electron chi connectivity index (χ0n) is 12.0. The van der Waals surface area contributed by atoms with Gasteiger partial charge in [-0.2, -0.15) is 0 Å². The Hall–Kier alpha value is -2.34. The summed E-state index contributed by atoms with van der Waals surface area (Å²) in [7, 11) is 0. The van der Waals surface area contributed by atoms with E-state index in [0.717, 1.165) is 0 Å². The Morgan fingerprint density at radius 3 is 2.67 bits per heavy atom. The van der Waals surface area contributed by atoms with Crippen LogP contribution in [0.3, 0.4) is 0 Å². The predicted molar refractivity (Wildman–Crippen MR) is 78.2 cm³/mol. The van der Waals surface area contributed by atoms with Gasteiger partial charge < -0.3 is 14.9 Å². The lowest BCUT2D eigenvalue weighted by molar-refractivity contribution is 0.291. The molecule has 2 rings (SSSR count). The molecule has 112 valence electrons. The molecule has 1 heterocycles. The van der Waals surface area contributed by atoms with Gasteiger partial charge >= 0.3 is 6.01 Å². The summed E-state index contributed by atoms with van der Waals surface area (Å²) in [5.74, 6) is -0.0406. The van der Waals surface area contributed by atoms with E-state index in [4.69, 9.17) is 9.84 Å². The molecule has 6 heteroatoms. The molecule has 0 aliphatic rings. The average Bonchev–Trinajstić information content (AvgIpc) is 2.45. The third-order valence-corrected chi connectivity index (χ3v) is 3.11. The summed E-state index contributed by atoms with van der Waals surface area (Å²) in [4.78, 5) is 16.9. The number of ether oxygens (including phenoxy) is 1. The first-order chi connectivity index (χ1) is 10.1. The monoisotopic (exact) mass is 290 g/mol. The molecule has 0 spiro atoms. The lowest BCUT2D eigenvalue weighted by atomic mass is 10.1. The first kappa shape index (κ1) is 15.1. The van der Waals surface area contributed by atoms with Gasteiger partial charge in [-0.1, -0.05) is 12.1 Å². The minimum Gasteiger partial charge on any atom is -0.506 e. The molecule has 0 saturated heterocycles. The fourth-order valence-corrected chi connectivity index (χ4v) is 2.13. The van der Waals surface area contributed by atoms with E-state index >= 15 is 0 Å². The molecule has 21 heavy (non-hydrogen) atoms. The van der Waals surface area contributed by atoms with Crippen LogP contribution >= 0.6 is 0 Å². The average molecular weight is 290 g/mol. The van der Waals surface area contributed by atoms with Crippen molar-refractivity contribution in [1.82, 2.24) is 9.55 Å². The summed E-state index contributed by atoms with van der Waals surface area (Å²) in [5, 5.41) is 19.1. The molecule has 0 atom stereocenters. The molecule has 0 bridgehead atoms. The van der Waals surface area contributed by atoms with Crippen LogP contribution in [0.2, 0.25) is 0 Å². The maximum absolute atomic E-state index is 12.6. The number of aliphatic hydroxyl groups is 1. The molecule has 0 radical (unpaired) electrons. The third kappa shape index (κ3) is 2.90. The van der Waals surface area contributed by atoms with Crippen molar-refractivity contribution in [3.05, 3.63) is 45.9 Å². The van der Waals surface area contributed by atoms with Gasteiger partial charge in [0, 0.05) is 18.6 Å². The van der Waals surface area contributed by atoms with E-state index in [0.29, 0.717) is 23.6 Å². The van der Waals surface area contributed by atoms with Crippen LogP contribution in [0.1, 0.15) is 18.2 Å². The number of hydrogen-bond acceptors (Lipinski definition) is 5. The van der Waals surface area contributed by atoms with Gasteiger partial charge in [-0.3, -0.25) is 4.79 Å². The van der Waals surface area contributed by atoms with E-state index < -0.39 is 0 Å². The van der Waals surface area contributed by atoms with E-state index in [9.17, 15) is 9.90 Å². The van der Waals surface area contributed by atoms with Crippen LogP contribution in [-0.2, 0) is 6.42 Å². The van der Waals surface area contributed by atoms with E-state index in [1.165, 1.54) is 10.6 Å². The van der Waals surface area contributed by atoms with Crippen LogP contribution in [0.5, 0.6) is 11.8 Å². The maximum Gasteiger partial charge on any atom is 0.304 e. The SMILES string of the molecule is CCOc1nc(C)c(CCO)c(=O)n1-c1ccccc1O. The first-order valence-electron chi connectivity index (χ1n) is 6.74. The topological polar surface area (TPSA) is 84.6 Å². The number of phenolic OH excluding ortho intramolecular Hbond substituents is 1. The molecule has 0 aliphatic heterocycles. The summed E-state index contributed by atoms with van der Waals surface area (Å²) in [6.07, 6.45) is 0.206. The molecule has 0 fully saturated rings. The maximum atomic E-state index is 12.6. The number of para-hydroxylation sites is 2. The van der Waals surface area contributed by atoms with Crippen molar-refractivity contribution in [2.24, 2.45) is 0 Å². The van der Waals surface area contributed by atoms with Crippen molar-refractivity contribution in [2.75, 3.05) is 13.2 Å². The summed E-state index contributed by atoms with van der Waals surface area (Å²) < 4.78 is 6.65. The highest BCUT2D eigenvalue weighted by molar-refractivity contribution is 5.47. The van der Waals surface area contributed by atoms with Gasteiger partial charge in [0.1, 0.15) is 5.75 Å². The lowest BCUT2D eigenvalue weighted by Gasteiger charge is -2.15. The van der Waals surface area contributed by atoms with Gasteiger partial charge in [0.25, 0.3) is 5.56 Å². The third-order valence-electron chi connectivity index (χ3n) is 3.11. The zero-order valence-corrected chi connectivity index (χ0v) is 12.0. The lowest BCUT2D eigenvalue weighted by Crippen LogP contribution is -2.27. The van der Waals surface area contributed by atoms with Crippen molar-refractivity contribution in [3.63, 3.8) is 0 Å². The quantitative estimate of drug-likeness (QED) is 0.863. The highest BCUT2D eigenvalue weighted by Crippen LogP contribution is 2.23. The molecule has 0 unspecified atom stereocenters. The Bertz CT molecular complexity index is 695. The second-order valence-corrected chi connectivity index (χ2v) is 4.49. The van der Waals surface area contributed by atoms with Crippen LogP contribution in [0.4, 0.5) is 0 Å². The fourth-order valence-electron chi connectivity index (χ4n) is 2.13. The Morgan fingerprint density at radius 1 is 1.33 bits per heavy atom. The van der Waals surface area contributed by atoms with Crippen LogP contribution in [-0.4, -0.2) is 33.0 Å². The molecule has 1 aromatic heterocycles. The highest BCUT2D eigenvalue weighted by Gasteiger charge is 2.18. The number of aryl methyl sites for hydroxylation is 1. The van der Waals surface area contributed by atoms with Crippen molar-refractivity contribution >= 4 is 0 Å². The second-order valence-electron chi connectivity index (χ2n) is 4.49. The number of benzene rings is 1. The van der Waals surface area contributed by atoms with Gasteiger partial charge in [0.05, 0.1) is 18.0 Å². The molecule has 0 saturated carbocycles. The molecule has 0 aliphatic carbocycles. The second kappa shape index (κ2) is 6.41. The number of hydrogen-bond donors (Lipinski definition) is 2. The van der Waals surface area contributed by atoms with E-state index in [1.807, 2.05) is 0 Å². The van der Waals surface area contributed by atoms with E-state index in [-0.39, 0.29) is 30.3 Å². The van der Waals surface area contributed by atoms with Gasteiger partial charge in [0.15, 0.2) is 0 Å². The van der Waals surface area contributed by atoms with Crippen molar-refractivity contribution < 1.29 is 14.9 Å². The zero-order chi connectivity index (χ0) is 15.4. The largest absolute Gasteiger partial charge is 0.506 e.